The molecule has 1 aliphatic heterocycles. The Labute approximate surface area is 162 Å². The standard InChI is InChI=1S/C22H22F2N2O2/c23-18-9-7-15(8-10-18)13-26(22(27)16-3-1-4-16)14-20-12-21(25-28-20)17-5-2-6-19(24)11-17/h2,5-11,16,20H,1,3-4,12-14H2. The number of nitrogens with zero attached hydrogens (tertiary/aromatic N) is 2. The normalized spacial score (nSPS) is 18.9. The molecule has 0 radical (unpaired) electrons. The number of amides is 1. The number of rotatable bonds is 6. The zero-order valence-corrected chi connectivity index (χ0v) is 15.5. The first kappa shape index (κ1) is 18.6. The van der Waals surface area contributed by atoms with Crippen LogP contribution in [0.1, 0.15) is 36.8 Å². The van der Waals surface area contributed by atoms with Gasteiger partial charge in [-0.2, -0.15) is 0 Å². The topological polar surface area (TPSA) is 41.9 Å². The highest BCUT2D eigenvalue weighted by molar-refractivity contribution is 6.01. The lowest BCUT2D eigenvalue weighted by Crippen LogP contribution is -2.42. The van der Waals surface area contributed by atoms with E-state index in [9.17, 15) is 13.6 Å². The van der Waals surface area contributed by atoms with Crippen LogP contribution in [0.3, 0.4) is 0 Å². The van der Waals surface area contributed by atoms with E-state index in [-0.39, 0.29) is 29.6 Å². The summed E-state index contributed by atoms with van der Waals surface area (Å²) in [5, 5.41) is 4.10. The van der Waals surface area contributed by atoms with Crippen LogP contribution in [0.5, 0.6) is 0 Å². The summed E-state index contributed by atoms with van der Waals surface area (Å²) >= 11 is 0. The van der Waals surface area contributed by atoms with Gasteiger partial charge in [-0.15, -0.1) is 0 Å². The minimum absolute atomic E-state index is 0.0606. The van der Waals surface area contributed by atoms with Crippen LogP contribution in [0.4, 0.5) is 8.78 Å². The van der Waals surface area contributed by atoms with E-state index < -0.39 is 0 Å². The third-order valence-electron chi connectivity index (χ3n) is 5.37. The van der Waals surface area contributed by atoms with Gasteiger partial charge in [0.25, 0.3) is 0 Å². The molecule has 0 saturated heterocycles. The maximum Gasteiger partial charge on any atom is 0.226 e. The first-order valence-corrected chi connectivity index (χ1v) is 9.60. The molecule has 4 rings (SSSR count). The van der Waals surface area contributed by atoms with Gasteiger partial charge in [-0.25, -0.2) is 8.78 Å². The van der Waals surface area contributed by atoms with Crippen molar-refractivity contribution in [3.63, 3.8) is 0 Å². The molecule has 1 amide bonds. The van der Waals surface area contributed by atoms with Gasteiger partial charge in [0.05, 0.1) is 12.3 Å². The van der Waals surface area contributed by atoms with Crippen LogP contribution in [0, 0.1) is 17.6 Å². The Kier molecular flexibility index (Phi) is 5.37. The molecule has 4 nitrogen and oxygen atoms in total. The molecule has 1 unspecified atom stereocenters. The highest BCUT2D eigenvalue weighted by Crippen LogP contribution is 2.29. The van der Waals surface area contributed by atoms with Gasteiger partial charge in [0.15, 0.2) is 6.10 Å². The van der Waals surface area contributed by atoms with E-state index in [1.54, 1.807) is 29.2 Å². The smallest absolute Gasteiger partial charge is 0.226 e. The van der Waals surface area contributed by atoms with Crippen molar-refractivity contribution in [1.82, 2.24) is 4.90 Å². The van der Waals surface area contributed by atoms with Gasteiger partial charge in [-0.3, -0.25) is 4.79 Å². The summed E-state index contributed by atoms with van der Waals surface area (Å²) < 4.78 is 26.7. The third kappa shape index (κ3) is 4.21. The van der Waals surface area contributed by atoms with E-state index >= 15 is 0 Å². The molecular formula is C22H22F2N2O2. The number of carbonyl (C=O) groups excluding carboxylic acids is 1. The molecule has 2 aromatic carbocycles. The fourth-order valence-corrected chi connectivity index (χ4v) is 3.57. The van der Waals surface area contributed by atoms with E-state index in [1.807, 2.05) is 0 Å². The summed E-state index contributed by atoms with van der Waals surface area (Å²) in [4.78, 5) is 20.2. The predicted molar refractivity (Wildman–Crippen MR) is 102 cm³/mol. The average Bonchev–Trinajstić information content (AvgIpc) is 3.10. The second-order valence-electron chi connectivity index (χ2n) is 7.45. The lowest BCUT2D eigenvalue weighted by molar-refractivity contribution is -0.140. The average molecular weight is 384 g/mol. The quantitative estimate of drug-likeness (QED) is 0.746. The summed E-state index contributed by atoms with van der Waals surface area (Å²) in [5.74, 6) is -0.446. The molecular weight excluding hydrogens is 362 g/mol. The van der Waals surface area contributed by atoms with E-state index in [0.717, 1.165) is 24.8 Å². The third-order valence-corrected chi connectivity index (χ3v) is 5.37. The van der Waals surface area contributed by atoms with Crippen LogP contribution >= 0.6 is 0 Å². The van der Waals surface area contributed by atoms with E-state index in [4.69, 9.17) is 4.84 Å². The van der Waals surface area contributed by atoms with Gasteiger partial charge < -0.3 is 9.74 Å². The second kappa shape index (κ2) is 8.09. The van der Waals surface area contributed by atoms with Crippen molar-refractivity contribution in [2.75, 3.05) is 6.54 Å². The SMILES string of the molecule is O=C(C1CCC1)N(Cc1ccc(F)cc1)CC1CC(c2cccc(F)c2)=NO1. The molecule has 146 valence electrons. The Morgan fingerprint density at radius 1 is 1.11 bits per heavy atom. The highest BCUT2D eigenvalue weighted by atomic mass is 19.1. The maximum absolute atomic E-state index is 13.5. The Balaban J connectivity index is 1.43. The Morgan fingerprint density at radius 2 is 1.89 bits per heavy atom. The largest absolute Gasteiger partial charge is 0.390 e. The molecule has 0 spiro atoms. The minimum Gasteiger partial charge on any atom is -0.390 e. The van der Waals surface area contributed by atoms with Crippen LogP contribution in [-0.4, -0.2) is 29.2 Å². The van der Waals surface area contributed by atoms with Gasteiger partial charge in [-0.05, 0) is 42.7 Å². The van der Waals surface area contributed by atoms with Crippen LogP contribution in [0.2, 0.25) is 0 Å². The van der Waals surface area contributed by atoms with E-state index in [1.165, 1.54) is 24.3 Å². The summed E-state index contributed by atoms with van der Waals surface area (Å²) in [7, 11) is 0. The van der Waals surface area contributed by atoms with Crippen LogP contribution in [0.25, 0.3) is 0 Å². The lowest BCUT2D eigenvalue weighted by Gasteiger charge is -2.32. The molecule has 0 bridgehead atoms. The van der Waals surface area contributed by atoms with Crippen molar-refractivity contribution in [2.24, 2.45) is 11.1 Å². The maximum atomic E-state index is 13.5. The van der Waals surface area contributed by atoms with Gasteiger partial charge >= 0.3 is 0 Å². The van der Waals surface area contributed by atoms with Crippen molar-refractivity contribution in [3.05, 3.63) is 71.3 Å². The number of benzene rings is 2. The van der Waals surface area contributed by atoms with Gasteiger partial charge in [0, 0.05) is 24.4 Å². The Bertz CT molecular complexity index is 878. The van der Waals surface area contributed by atoms with E-state index in [2.05, 4.69) is 5.16 Å². The zero-order chi connectivity index (χ0) is 19.5. The molecule has 1 heterocycles. The second-order valence-corrected chi connectivity index (χ2v) is 7.45. The van der Waals surface area contributed by atoms with Crippen molar-refractivity contribution < 1.29 is 18.4 Å². The number of hydrogen-bond donors (Lipinski definition) is 0. The summed E-state index contributed by atoms with van der Waals surface area (Å²) in [6, 6.07) is 12.4. The first-order valence-electron chi connectivity index (χ1n) is 9.60. The number of carbonyl (C=O) groups is 1. The van der Waals surface area contributed by atoms with Gasteiger partial charge in [0.2, 0.25) is 5.91 Å². The lowest BCUT2D eigenvalue weighted by atomic mass is 9.84. The van der Waals surface area contributed by atoms with Gasteiger partial charge in [-0.1, -0.05) is 35.8 Å². The summed E-state index contributed by atoms with van der Waals surface area (Å²) in [6.07, 6.45) is 3.14. The molecule has 1 saturated carbocycles. The van der Waals surface area contributed by atoms with Crippen LogP contribution < -0.4 is 0 Å². The van der Waals surface area contributed by atoms with Crippen molar-refractivity contribution >= 4 is 11.6 Å². The number of halogens is 2. The molecule has 0 aromatic heterocycles. The number of hydrogen-bond acceptors (Lipinski definition) is 3. The molecule has 1 atom stereocenters. The Morgan fingerprint density at radius 3 is 2.57 bits per heavy atom. The highest BCUT2D eigenvalue weighted by Gasteiger charge is 2.33. The fraction of sp³-hybridized carbons (Fsp3) is 0.364. The van der Waals surface area contributed by atoms with Crippen molar-refractivity contribution in [3.8, 4) is 0 Å². The molecule has 1 fully saturated rings. The van der Waals surface area contributed by atoms with Crippen LogP contribution in [-0.2, 0) is 16.2 Å². The number of oxime groups is 1. The molecule has 0 N–H and O–H groups in total. The molecule has 1 aliphatic carbocycles. The van der Waals surface area contributed by atoms with Gasteiger partial charge in [0.1, 0.15) is 11.6 Å². The molecule has 2 aromatic rings. The zero-order valence-electron chi connectivity index (χ0n) is 15.5. The Hall–Kier alpha value is -2.76. The van der Waals surface area contributed by atoms with Crippen LogP contribution in [0.15, 0.2) is 53.7 Å². The molecule has 2 aliphatic rings. The fourth-order valence-electron chi connectivity index (χ4n) is 3.57. The molecule has 6 heteroatoms. The first-order chi connectivity index (χ1) is 13.6. The molecule has 28 heavy (non-hydrogen) atoms. The summed E-state index contributed by atoms with van der Waals surface area (Å²) in [5.41, 5.74) is 2.25. The van der Waals surface area contributed by atoms with Crippen molar-refractivity contribution in [2.45, 2.75) is 38.3 Å². The van der Waals surface area contributed by atoms with Crippen molar-refractivity contribution in [1.29, 1.82) is 0 Å². The summed E-state index contributed by atoms with van der Waals surface area (Å²) in [6.45, 7) is 0.805. The predicted octanol–water partition coefficient (Wildman–Crippen LogP) is 4.29. The minimum atomic E-state index is -0.318. The monoisotopic (exact) mass is 384 g/mol. The van der Waals surface area contributed by atoms with E-state index in [0.29, 0.717) is 30.8 Å².